The average molecular weight is 396 g/mol. The molecule has 0 fully saturated rings. The van der Waals surface area contributed by atoms with Crippen molar-refractivity contribution in [3.8, 4) is 11.5 Å². The highest BCUT2D eigenvalue weighted by Crippen LogP contribution is 2.37. The number of carbonyl (C=O) groups is 1. The molecule has 1 aromatic rings. The monoisotopic (exact) mass is 395 g/mol. The van der Waals surface area contributed by atoms with Gasteiger partial charge in [0.2, 0.25) is 0 Å². The molecule has 0 spiro atoms. The summed E-state index contributed by atoms with van der Waals surface area (Å²) in [5.74, 6) is -0.649. The van der Waals surface area contributed by atoms with E-state index in [1.165, 1.54) is 13.2 Å². The van der Waals surface area contributed by atoms with Crippen molar-refractivity contribution < 1.29 is 28.2 Å². The first-order valence-corrected chi connectivity index (χ1v) is 7.81. The summed E-state index contributed by atoms with van der Waals surface area (Å²) in [5.41, 5.74) is 0.686. The third-order valence-electron chi connectivity index (χ3n) is 3.05. The van der Waals surface area contributed by atoms with E-state index in [-0.39, 0.29) is 24.0 Å². The highest BCUT2D eigenvalue weighted by atomic mass is 79.9. The van der Waals surface area contributed by atoms with Crippen molar-refractivity contribution >= 4 is 21.9 Å². The van der Waals surface area contributed by atoms with Crippen LogP contribution in [0.3, 0.4) is 0 Å². The Labute approximate surface area is 142 Å². The molecule has 8 heteroatoms. The van der Waals surface area contributed by atoms with Crippen molar-refractivity contribution in [3.05, 3.63) is 22.2 Å². The van der Waals surface area contributed by atoms with Crippen molar-refractivity contribution in [2.45, 2.75) is 39.5 Å². The van der Waals surface area contributed by atoms with Crippen LogP contribution < -0.4 is 14.8 Å². The minimum Gasteiger partial charge on any atom is -0.493 e. The predicted octanol–water partition coefficient (Wildman–Crippen LogP) is 3.65. The van der Waals surface area contributed by atoms with Gasteiger partial charge in [0.1, 0.15) is 6.04 Å². The van der Waals surface area contributed by atoms with E-state index >= 15 is 0 Å². The van der Waals surface area contributed by atoms with E-state index < -0.39 is 18.6 Å². The van der Waals surface area contributed by atoms with Gasteiger partial charge < -0.3 is 19.9 Å². The van der Waals surface area contributed by atoms with E-state index in [1.54, 1.807) is 6.07 Å². The maximum atomic E-state index is 12.4. The summed E-state index contributed by atoms with van der Waals surface area (Å²) in [7, 11) is 1.34. The molecule has 0 saturated heterocycles. The molecule has 5 nitrogen and oxygen atoms in total. The molecule has 0 aliphatic rings. The van der Waals surface area contributed by atoms with Crippen LogP contribution in [-0.2, 0) is 11.3 Å². The number of halogens is 3. The molecule has 0 bridgehead atoms. The fraction of sp³-hybridized carbons (Fsp3) is 0.533. The number of carboxylic acids is 1. The first-order chi connectivity index (χ1) is 10.7. The van der Waals surface area contributed by atoms with Crippen molar-refractivity contribution in [1.29, 1.82) is 0 Å². The Morgan fingerprint density at radius 2 is 2.04 bits per heavy atom. The fourth-order valence-corrected chi connectivity index (χ4v) is 2.65. The van der Waals surface area contributed by atoms with Gasteiger partial charge in [-0.25, -0.2) is 0 Å². The summed E-state index contributed by atoms with van der Waals surface area (Å²) in [5, 5.41) is 12.1. The molecule has 0 aliphatic heterocycles. The predicted molar refractivity (Wildman–Crippen MR) is 85.0 cm³/mol. The molecule has 0 aliphatic carbocycles. The minimum absolute atomic E-state index is 0.0942. The molecular formula is C15H20BrF2NO4. The summed E-state index contributed by atoms with van der Waals surface area (Å²) < 4.78 is 34.6. The quantitative estimate of drug-likeness (QED) is 0.667. The van der Waals surface area contributed by atoms with Gasteiger partial charge in [-0.15, -0.1) is 0 Å². The minimum atomic E-state index is -2.97. The Kier molecular flexibility index (Phi) is 7.70. The third-order valence-corrected chi connectivity index (χ3v) is 3.64. The third kappa shape index (κ3) is 6.31. The second-order valence-electron chi connectivity index (χ2n) is 5.39. The molecule has 0 saturated carbocycles. The lowest BCUT2D eigenvalue weighted by Gasteiger charge is -2.18. The van der Waals surface area contributed by atoms with E-state index in [1.807, 2.05) is 13.8 Å². The van der Waals surface area contributed by atoms with Crippen LogP contribution in [0, 0.1) is 5.92 Å². The summed E-state index contributed by atoms with van der Waals surface area (Å²) in [6.45, 7) is 1.17. The highest BCUT2D eigenvalue weighted by Gasteiger charge is 2.20. The molecule has 0 heterocycles. The Hall–Kier alpha value is -1.41. The average Bonchev–Trinajstić information content (AvgIpc) is 2.44. The number of aliphatic carboxylic acids is 1. The Balaban J connectivity index is 2.88. The number of benzene rings is 1. The van der Waals surface area contributed by atoms with Crippen molar-refractivity contribution in [3.63, 3.8) is 0 Å². The number of ether oxygens (including phenoxy) is 2. The molecule has 1 rings (SSSR count). The van der Waals surface area contributed by atoms with Crippen molar-refractivity contribution in [2.24, 2.45) is 5.92 Å². The largest absolute Gasteiger partial charge is 0.493 e. The molecule has 0 radical (unpaired) electrons. The van der Waals surface area contributed by atoms with Crippen LogP contribution in [0.1, 0.15) is 25.8 Å². The van der Waals surface area contributed by atoms with E-state index in [2.05, 4.69) is 26.0 Å². The van der Waals surface area contributed by atoms with Crippen LogP contribution >= 0.6 is 15.9 Å². The van der Waals surface area contributed by atoms with Crippen molar-refractivity contribution in [1.82, 2.24) is 5.32 Å². The topological polar surface area (TPSA) is 67.8 Å². The molecule has 1 aromatic carbocycles. The maximum Gasteiger partial charge on any atom is 0.387 e. The maximum absolute atomic E-state index is 12.4. The Bertz CT molecular complexity index is 540. The second-order valence-corrected chi connectivity index (χ2v) is 6.24. The van der Waals surface area contributed by atoms with Crippen LogP contribution in [0.5, 0.6) is 11.5 Å². The number of hydrogen-bond acceptors (Lipinski definition) is 4. The molecule has 23 heavy (non-hydrogen) atoms. The van der Waals surface area contributed by atoms with Gasteiger partial charge in [0.15, 0.2) is 11.5 Å². The number of rotatable bonds is 9. The van der Waals surface area contributed by atoms with E-state index in [0.29, 0.717) is 16.5 Å². The number of carboxylic acid groups (broad SMARTS) is 1. The van der Waals surface area contributed by atoms with Gasteiger partial charge in [0.05, 0.1) is 11.6 Å². The van der Waals surface area contributed by atoms with Crippen molar-refractivity contribution in [2.75, 3.05) is 7.11 Å². The molecule has 0 amide bonds. The molecule has 2 N–H and O–H groups in total. The zero-order chi connectivity index (χ0) is 17.6. The van der Waals surface area contributed by atoms with Crippen LogP contribution in [0.25, 0.3) is 0 Å². The van der Waals surface area contributed by atoms with Gasteiger partial charge in [0.25, 0.3) is 0 Å². The molecular weight excluding hydrogens is 376 g/mol. The normalized spacial score (nSPS) is 12.5. The molecule has 1 atom stereocenters. The lowest BCUT2D eigenvalue weighted by molar-refractivity contribution is -0.140. The van der Waals surface area contributed by atoms with Gasteiger partial charge in [-0.1, -0.05) is 13.8 Å². The number of methoxy groups -OCH3 is 1. The van der Waals surface area contributed by atoms with Gasteiger partial charge in [-0.2, -0.15) is 8.78 Å². The van der Waals surface area contributed by atoms with Crippen LogP contribution in [0.15, 0.2) is 16.6 Å². The van der Waals surface area contributed by atoms with Gasteiger partial charge in [-0.3, -0.25) is 4.79 Å². The SMILES string of the molecule is COc1cc(CN[C@@H](CC(C)C)C(=O)O)cc(Br)c1OC(F)F. The summed E-state index contributed by atoms with van der Waals surface area (Å²) >= 11 is 3.16. The molecule has 0 aromatic heterocycles. The van der Waals surface area contributed by atoms with Crippen LogP contribution in [-0.4, -0.2) is 30.8 Å². The lowest BCUT2D eigenvalue weighted by Crippen LogP contribution is -2.37. The van der Waals surface area contributed by atoms with E-state index in [0.717, 1.165) is 0 Å². The van der Waals surface area contributed by atoms with E-state index in [4.69, 9.17) is 4.74 Å². The summed E-state index contributed by atoms with van der Waals surface area (Å²) in [6.07, 6.45) is 0.486. The van der Waals surface area contributed by atoms with E-state index in [9.17, 15) is 18.7 Å². The smallest absolute Gasteiger partial charge is 0.387 e. The first-order valence-electron chi connectivity index (χ1n) is 7.02. The standard InChI is InChI=1S/C15H20BrF2NO4/c1-8(2)4-11(14(20)21)19-7-9-5-10(16)13(23-15(17)18)12(6-9)22-3/h5-6,8,11,15,19H,4,7H2,1-3H3,(H,20,21)/t11-/m0/s1. The number of nitrogens with one attached hydrogen (secondary N) is 1. The van der Waals surface area contributed by atoms with Crippen LogP contribution in [0.4, 0.5) is 8.78 Å². The zero-order valence-corrected chi connectivity index (χ0v) is 14.7. The van der Waals surface area contributed by atoms with Gasteiger partial charge in [-0.05, 0) is 46.0 Å². The number of alkyl halides is 2. The first kappa shape index (κ1) is 19.6. The fourth-order valence-electron chi connectivity index (χ4n) is 2.06. The Morgan fingerprint density at radius 3 is 2.52 bits per heavy atom. The lowest BCUT2D eigenvalue weighted by atomic mass is 10.0. The molecule has 0 unspecified atom stereocenters. The summed E-state index contributed by atoms with van der Waals surface area (Å²) in [6, 6.07) is 2.43. The number of hydrogen-bond donors (Lipinski definition) is 2. The van der Waals surface area contributed by atoms with Gasteiger partial charge in [0, 0.05) is 6.54 Å². The van der Waals surface area contributed by atoms with Gasteiger partial charge >= 0.3 is 12.6 Å². The zero-order valence-electron chi connectivity index (χ0n) is 13.1. The summed E-state index contributed by atoms with van der Waals surface area (Å²) in [4.78, 5) is 11.2. The Morgan fingerprint density at radius 1 is 1.39 bits per heavy atom. The highest BCUT2D eigenvalue weighted by molar-refractivity contribution is 9.10. The second kappa shape index (κ2) is 9.02. The molecule has 130 valence electrons. The van der Waals surface area contributed by atoms with Crippen LogP contribution in [0.2, 0.25) is 0 Å².